The Labute approximate surface area is 197 Å². The van der Waals surface area contributed by atoms with Crippen molar-refractivity contribution in [1.82, 2.24) is 4.90 Å². The molecule has 12 heteroatoms. The SMILES string of the molecule is O=C(COC(=O)CN1C(=O)[C@@H]2[C@H]3C[C@@H]([C@H](Br)[C@H]3Br)[C@@H]2C1=O)Nc1ccccc1C(F)(F)F. The molecule has 0 radical (unpaired) electrons. The number of carbonyl (C=O) groups is 4. The van der Waals surface area contributed by atoms with Crippen LogP contribution in [0.15, 0.2) is 24.3 Å². The molecule has 2 bridgehead atoms. The van der Waals surface area contributed by atoms with Crippen molar-refractivity contribution in [2.75, 3.05) is 18.5 Å². The minimum atomic E-state index is -4.67. The maximum atomic E-state index is 13.0. The Kier molecular flexibility index (Phi) is 6.12. The number of carbonyl (C=O) groups excluding carboxylic acids is 4. The summed E-state index contributed by atoms with van der Waals surface area (Å²) in [5.74, 6) is -3.83. The molecule has 4 rings (SSSR count). The molecule has 7 nitrogen and oxygen atoms in total. The molecule has 0 spiro atoms. The van der Waals surface area contributed by atoms with Crippen molar-refractivity contribution in [3.63, 3.8) is 0 Å². The van der Waals surface area contributed by atoms with Crippen molar-refractivity contribution in [3.8, 4) is 0 Å². The van der Waals surface area contributed by atoms with Gasteiger partial charge in [-0.25, -0.2) is 0 Å². The number of likely N-dealkylation sites (tertiary alicyclic amines) is 1. The number of para-hydroxylation sites is 1. The molecule has 1 saturated heterocycles. The van der Waals surface area contributed by atoms with Gasteiger partial charge in [0.1, 0.15) is 6.54 Å². The van der Waals surface area contributed by atoms with Crippen LogP contribution in [0.2, 0.25) is 0 Å². The Morgan fingerprint density at radius 3 is 2.19 bits per heavy atom. The average Bonchev–Trinajstić information content (AvgIpc) is 3.33. The molecule has 0 aromatic heterocycles. The van der Waals surface area contributed by atoms with E-state index in [0.29, 0.717) is 0 Å². The molecule has 3 aliphatic rings. The summed E-state index contributed by atoms with van der Waals surface area (Å²) < 4.78 is 43.8. The number of ether oxygens (including phenoxy) is 1. The van der Waals surface area contributed by atoms with Gasteiger partial charge in [0.2, 0.25) is 11.8 Å². The van der Waals surface area contributed by atoms with Crippen molar-refractivity contribution in [2.45, 2.75) is 22.3 Å². The molecule has 1 aromatic rings. The Morgan fingerprint density at radius 1 is 1.06 bits per heavy atom. The summed E-state index contributed by atoms with van der Waals surface area (Å²) in [6.45, 7) is -1.50. The number of benzene rings is 1. The van der Waals surface area contributed by atoms with Gasteiger partial charge in [-0.1, -0.05) is 44.0 Å². The lowest BCUT2D eigenvalue weighted by atomic mass is 9.81. The Hall–Kier alpha value is -1.95. The van der Waals surface area contributed by atoms with E-state index in [2.05, 4.69) is 37.2 Å². The molecule has 2 aliphatic carbocycles. The predicted octanol–water partition coefficient (Wildman–Crippen LogP) is 2.97. The number of fused-ring (bicyclic) bond motifs is 5. The van der Waals surface area contributed by atoms with Crippen LogP contribution in [0.4, 0.5) is 18.9 Å². The number of amides is 3. The molecule has 1 aromatic carbocycles. The first-order valence-corrected chi connectivity index (χ1v) is 11.6. The third-order valence-electron chi connectivity index (χ3n) is 6.24. The van der Waals surface area contributed by atoms with Crippen LogP contribution in [0.3, 0.4) is 0 Å². The van der Waals surface area contributed by atoms with Crippen molar-refractivity contribution >= 4 is 61.2 Å². The van der Waals surface area contributed by atoms with Crippen molar-refractivity contribution in [1.29, 1.82) is 0 Å². The summed E-state index contributed by atoms with van der Waals surface area (Å²) in [5.41, 5.74) is -1.51. The minimum Gasteiger partial charge on any atom is -0.454 e. The van der Waals surface area contributed by atoms with E-state index in [1.165, 1.54) is 12.1 Å². The van der Waals surface area contributed by atoms with E-state index >= 15 is 0 Å². The van der Waals surface area contributed by atoms with Gasteiger partial charge in [-0.05, 0) is 30.4 Å². The summed E-state index contributed by atoms with van der Waals surface area (Å²) in [6, 6.07) is 4.39. The van der Waals surface area contributed by atoms with E-state index in [-0.39, 0.29) is 21.5 Å². The van der Waals surface area contributed by atoms with Crippen LogP contribution < -0.4 is 5.32 Å². The quantitative estimate of drug-likeness (QED) is 0.328. The number of halogens is 5. The molecule has 3 fully saturated rings. The minimum absolute atomic E-state index is 0.00803. The van der Waals surface area contributed by atoms with Crippen LogP contribution in [-0.4, -0.2) is 51.4 Å². The van der Waals surface area contributed by atoms with E-state index < -0.39 is 66.1 Å². The lowest BCUT2D eigenvalue weighted by Crippen LogP contribution is -2.38. The zero-order valence-electron chi connectivity index (χ0n) is 16.3. The maximum absolute atomic E-state index is 13.0. The second-order valence-corrected chi connectivity index (χ2v) is 10.1. The third kappa shape index (κ3) is 3.95. The van der Waals surface area contributed by atoms with E-state index in [1.54, 1.807) is 0 Å². The summed E-state index contributed by atoms with van der Waals surface area (Å²) in [7, 11) is 0. The fourth-order valence-corrected chi connectivity index (χ4v) is 6.79. The summed E-state index contributed by atoms with van der Waals surface area (Å²) in [4.78, 5) is 50.6. The number of nitrogens with one attached hydrogen (secondary N) is 1. The monoisotopic (exact) mass is 580 g/mol. The standard InChI is InChI=1S/C20H17Br2F3N2O5/c21-16-8-5-9(17(16)22)15-14(8)18(30)27(19(15)31)6-13(29)32-7-12(28)26-11-4-2-1-3-10(11)20(23,24)25/h1-4,8-9,14-17H,5-7H2,(H,26,28)/t8-,9-,14-,15+,16+,17+/m1/s1. The van der Waals surface area contributed by atoms with E-state index in [9.17, 15) is 32.3 Å². The molecule has 32 heavy (non-hydrogen) atoms. The van der Waals surface area contributed by atoms with Crippen LogP contribution >= 0.6 is 31.9 Å². The highest BCUT2D eigenvalue weighted by molar-refractivity contribution is 9.12. The Morgan fingerprint density at radius 2 is 1.62 bits per heavy atom. The van der Waals surface area contributed by atoms with Gasteiger partial charge in [-0.2, -0.15) is 13.2 Å². The number of hydrogen-bond donors (Lipinski definition) is 1. The van der Waals surface area contributed by atoms with Gasteiger partial charge in [0, 0.05) is 9.65 Å². The molecular weight excluding hydrogens is 565 g/mol. The Bertz CT molecular complexity index is 956. The molecule has 1 N–H and O–H groups in total. The average molecular weight is 582 g/mol. The van der Waals surface area contributed by atoms with Gasteiger partial charge < -0.3 is 10.1 Å². The molecular formula is C20H17Br2F3N2O5. The highest BCUT2D eigenvalue weighted by Crippen LogP contribution is 2.60. The normalized spacial score (nSPS) is 31.1. The van der Waals surface area contributed by atoms with Crippen molar-refractivity contribution < 1.29 is 37.1 Å². The van der Waals surface area contributed by atoms with Gasteiger partial charge in [0.25, 0.3) is 5.91 Å². The number of anilines is 1. The highest BCUT2D eigenvalue weighted by Gasteiger charge is 2.66. The smallest absolute Gasteiger partial charge is 0.418 e. The predicted molar refractivity (Wildman–Crippen MR) is 112 cm³/mol. The first-order valence-electron chi connectivity index (χ1n) is 9.75. The number of alkyl halides is 5. The fourth-order valence-electron chi connectivity index (χ4n) is 4.91. The second kappa shape index (κ2) is 8.44. The lowest BCUT2D eigenvalue weighted by Gasteiger charge is -2.28. The lowest BCUT2D eigenvalue weighted by molar-refractivity contribution is -0.154. The largest absolute Gasteiger partial charge is 0.454 e. The number of esters is 1. The van der Waals surface area contributed by atoms with Crippen LogP contribution in [0.5, 0.6) is 0 Å². The number of nitrogens with zero attached hydrogens (tertiary/aromatic N) is 1. The molecule has 172 valence electrons. The zero-order valence-corrected chi connectivity index (χ0v) is 19.4. The molecule has 1 aliphatic heterocycles. The van der Waals surface area contributed by atoms with Crippen LogP contribution in [0, 0.1) is 23.7 Å². The van der Waals surface area contributed by atoms with Crippen LogP contribution in [0.1, 0.15) is 12.0 Å². The molecule has 3 amide bonds. The van der Waals surface area contributed by atoms with E-state index in [0.717, 1.165) is 23.5 Å². The molecule has 0 unspecified atom stereocenters. The van der Waals surface area contributed by atoms with E-state index in [4.69, 9.17) is 4.74 Å². The van der Waals surface area contributed by atoms with Gasteiger partial charge >= 0.3 is 12.1 Å². The number of hydrogen-bond acceptors (Lipinski definition) is 5. The summed E-state index contributed by atoms with van der Waals surface area (Å²) in [6.07, 6.45) is -3.92. The third-order valence-corrected chi connectivity index (χ3v) is 9.44. The Balaban J connectivity index is 1.33. The summed E-state index contributed by atoms with van der Waals surface area (Å²) in [5, 5.41) is 2.05. The highest BCUT2D eigenvalue weighted by atomic mass is 79.9. The van der Waals surface area contributed by atoms with Gasteiger partial charge in [0.15, 0.2) is 6.61 Å². The van der Waals surface area contributed by atoms with Crippen molar-refractivity contribution in [2.24, 2.45) is 23.7 Å². The molecule has 6 atom stereocenters. The zero-order chi connectivity index (χ0) is 23.4. The van der Waals surface area contributed by atoms with E-state index in [1.807, 2.05) is 0 Å². The second-order valence-electron chi connectivity index (χ2n) is 8.02. The van der Waals surface area contributed by atoms with Gasteiger partial charge in [-0.15, -0.1) is 0 Å². The summed E-state index contributed by atoms with van der Waals surface area (Å²) >= 11 is 7.13. The number of rotatable bonds is 5. The van der Waals surface area contributed by atoms with Crippen LogP contribution in [0.25, 0.3) is 0 Å². The van der Waals surface area contributed by atoms with Crippen LogP contribution in [-0.2, 0) is 30.1 Å². The number of imide groups is 1. The first kappa shape index (κ1) is 23.2. The maximum Gasteiger partial charge on any atom is 0.418 e. The van der Waals surface area contributed by atoms with Gasteiger partial charge in [0.05, 0.1) is 23.1 Å². The first-order chi connectivity index (χ1) is 15.0. The molecule has 1 heterocycles. The van der Waals surface area contributed by atoms with Crippen molar-refractivity contribution in [3.05, 3.63) is 29.8 Å². The fraction of sp³-hybridized carbons (Fsp3) is 0.500. The van der Waals surface area contributed by atoms with Gasteiger partial charge in [-0.3, -0.25) is 24.1 Å². The topological polar surface area (TPSA) is 92.8 Å². The molecule has 2 saturated carbocycles.